The van der Waals surface area contributed by atoms with Gasteiger partial charge in [-0.05, 0) is 37.1 Å². The number of hydrogen-bond acceptors (Lipinski definition) is 3. The second-order valence-electron chi connectivity index (χ2n) is 5.06. The molecule has 1 heterocycles. The minimum absolute atomic E-state index is 0.00261. The first kappa shape index (κ1) is 15.0. The van der Waals surface area contributed by atoms with Crippen LogP contribution in [-0.4, -0.2) is 35.7 Å². The van der Waals surface area contributed by atoms with E-state index < -0.39 is 11.5 Å². The highest BCUT2D eigenvalue weighted by Gasteiger charge is 2.44. The van der Waals surface area contributed by atoms with E-state index in [2.05, 4.69) is 21.2 Å². The van der Waals surface area contributed by atoms with Crippen LogP contribution in [0.4, 0.5) is 0 Å². The van der Waals surface area contributed by atoms with Gasteiger partial charge >= 0.3 is 5.97 Å². The Bertz CT molecular complexity index is 565. The smallest absolute Gasteiger partial charge is 0.331 e. The minimum atomic E-state index is -1.31. The first-order valence-electron chi connectivity index (χ1n) is 6.26. The normalized spacial score (nSPS) is 21.8. The molecule has 20 heavy (non-hydrogen) atoms. The average molecular weight is 342 g/mol. The average Bonchev–Trinajstić information content (AvgIpc) is 2.83. The fraction of sp³-hybridized carbons (Fsp3) is 0.429. The highest BCUT2D eigenvalue weighted by Crippen LogP contribution is 2.23. The summed E-state index contributed by atoms with van der Waals surface area (Å²) >= 11 is 3.41. The molecule has 1 aromatic rings. The maximum Gasteiger partial charge on any atom is 0.331 e. The molecule has 2 rings (SSSR count). The molecule has 0 aromatic heterocycles. The van der Waals surface area contributed by atoms with Crippen LogP contribution in [0.15, 0.2) is 16.6 Å². The van der Waals surface area contributed by atoms with Crippen molar-refractivity contribution in [1.82, 2.24) is 5.32 Å². The Hall–Kier alpha value is -1.40. The lowest BCUT2D eigenvalue weighted by molar-refractivity contribution is -0.144. The molecule has 1 atom stereocenters. The first-order chi connectivity index (χ1) is 9.35. The van der Waals surface area contributed by atoms with Crippen LogP contribution >= 0.6 is 15.9 Å². The van der Waals surface area contributed by atoms with Crippen molar-refractivity contribution in [1.29, 1.82) is 0 Å². The van der Waals surface area contributed by atoms with E-state index in [4.69, 9.17) is 4.74 Å². The molecule has 1 amide bonds. The Balaban J connectivity index is 2.28. The summed E-state index contributed by atoms with van der Waals surface area (Å²) in [5, 5.41) is 11.9. The van der Waals surface area contributed by atoms with Crippen molar-refractivity contribution in [3.63, 3.8) is 0 Å². The monoisotopic (exact) mass is 341 g/mol. The van der Waals surface area contributed by atoms with E-state index in [1.165, 1.54) is 0 Å². The van der Waals surface area contributed by atoms with Gasteiger partial charge in [-0.3, -0.25) is 4.79 Å². The summed E-state index contributed by atoms with van der Waals surface area (Å²) in [6.07, 6.45) is 0.280. The van der Waals surface area contributed by atoms with E-state index in [1.54, 1.807) is 6.07 Å². The van der Waals surface area contributed by atoms with Crippen molar-refractivity contribution in [2.45, 2.75) is 25.8 Å². The van der Waals surface area contributed by atoms with Gasteiger partial charge in [0, 0.05) is 23.1 Å². The van der Waals surface area contributed by atoms with Crippen molar-refractivity contribution in [3.8, 4) is 0 Å². The molecule has 1 aromatic carbocycles. The standard InChI is InChI=1S/C14H16BrNO4/c1-8-6-11(15)9(2)5-10(8)12(17)16-14(13(18)19)3-4-20-7-14/h5-6H,3-4,7H2,1-2H3,(H,16,17)(H,18,19). The van der Waals surface area contributed by atoms with Crippen LogP contribution in [0.1, 0.15) is 27.9 Å². The number of ether oxygens (including phenoxy) is 1. The van der Waals surface area contributed by atoms with Crippen LogP contribution in [0.3, 0.4) is 0 Å². The van der Waals surface area contributed by atoms with Crippen molar-refractivity contribution in [3.05, 3.63) is 33.3 Å². The molecule has 0 aliphatic carbocycles. The molecule has 1 aliphatic rings. The van der Waals surface area contributed by atoms with Gasteiger partial charge in [-0.2, -0.15) is 0 Å². The summed E-state index contributed by atoms with van der Waals surface area (Å²) in [7, 11) is 0. The summed E-state index contributed by atoms with van der Waals surface area (Å²) in [6.45, 7) is 4.04. The van der Waals surface area contributed by atoms with Gasteiger partial charge < -0.3 is 15.2 Å². The van der Waals surface area contributed by atoms with Crippen molar-refractivity contribution in [2.75, 3.05) is 13.2 Å². The number of aliphatic carboxylic acids is 1. The molecule has 108 valence electrons. The summed E-state index contributed by atoms with van der Waals surface area (Å²) in [5.41, 5.74) is 0.885. The summed E-state index contributed by atoms with van der Waals surface area (Å²) in [6, 6.07) is 3.60. The number of aryl methyl sites for hydroxylation is 2. The summed E-state index contributed by atoms with van der Waals surface area (Å²) in [4.78, 5) is 23.7. The fourth-order valence-corrected chi connectivity index (χ4v) is 2.65. The van der Waals surface area contributed by atoms with Crippen LogP contribution < -0.4 is 5.32 Å². The second kappa shape index (κ2) is 5.54. The molecule has 1 aliphatic heterocycles. The quantitative estimate of drug-likeness (QED) is 0.882. The number of nitrogens with one attached hydrogen (secondary N) is 1. The van der Waals surface area contributed by atoms with Crippen molar-refractivity contribution in [2.24, 2.45) is 0 Å². The number of halogens is 1. The molecule has 0 saturated carbocycles. The van der Waals surface area contributed by atoms with Crippen LogP contribution in [-0.2, 0) is 9.53 Å². The van der Waals surface area contributed by atoms with Crippen LogP contribution in [0.25, 0.3) is 0 Å². The molecule has 5 nitrogen and oxygen atoms in total. The maximum absolute atomic E-state index is 12.3. The molecule has 1 unspecified atom stereocenters. The number of carboxylic acids is 1. The number of rotatable bonds is 3. The Morgan fingerprint density at radius 3 is 2.60 bits per heavy atom. The van der Waals surface area contributed by atoms with Gasteiger partial charge in [-0.15, -0.1) is 0 Å². The van der Waals surface area contributed by atoms with Crippen LogP contribution in [0.2, 0.25) is 0 Å². The van der Waals surface area contributed by atoms with Gasteiger partial charge in [0.25, 0.3) is 5.91 Å². The summed E-state index contributed by atoms with van der Waals surface area (Å²) in [5.74, 6) is -1.44. The first-order valence-corrected chi connectivity index (χ1v) is 7.05. The molecular weight excluding hydrogens is 326 g/mol. The van der Waals surface area contributed by atoms with Gasteiger partial charge in [0.15, 0.2) is 5.54 Å². The molecule has 0 spiro atoms. The Morgan fingerprint density at radius 1 is 1.35 bits per heavy atom. The minimum Gasteiger partial charge on any atom is -0.479 e. The summed E-state index contributed by atoms with van der Waals surface area (Å²) < 4.78 is 6.05. The highest BCUT2D eigenvalue weighted by molar-refractivity contribution is 9.10. The van der Waals surface area contributed by atoms with Crippen molar-refractivity contribution >= 4 is 27.8 Å². The number of benzene rings is 1. The molecular formula is C14H16BrNO4. The molecule has 0 radical (unpaired) electrons. The van der Waals surface area contributed by atoms with E-state index >= 15 is 0 Å². The topological polar surface area (TPSA) is 75.6 Å². The Morgan fingerprint density at radius 2 is 2.05 bits per heavy atom. The van der Waals surface area contributed by atoms with Gasteiger partial charge in [0.1, 0.15) is 0 Å². The number of carbonyl (C=O) groups excluding carboxylic acids is 1. The molecule has 6 heteroatoms. The molecule has 0 bridgehead atoms. The third-order valence-electron chi connectivity index (χ3n) is 3.53. The zero-order valence-electron chi connectivity index (χ0n) is 11.3. The lowest BCUT2D eigenvalue weighted by atomic mass is 9.97. The number of hydrogen-bond donors (Lipinski definition) is 2. The molecule has 2 N–H and O–H groups in total. The predicted molar refractivity (Wildman–Crippen MR) is 76.9 cm³/mol. The second-order valence-corrected chi connectivity index (χ2v) is 5.91. The van der Waals surface area contributed by atoms with Gasteiger partial charge in [-0.25, -0.2) is 4.79 Å². The Kier molecular flexibility index (Phi) is 4.15. The number of carbonyl (C=O) groups is 2. The van der Waals surface area contributed by atoms with E-state index in [-0.39, 0.29) is 18.9 Å². The lowest BCUT2D eigenvalue weighted by Crippen LogP contribution is -2.55. The van der Waals surface area contributed by atoms with Crippen molar-refractivity contribution < 1.29 is 19.4 Å². The van der Waals surface area contributed by atoms with Crippen LogP contribution in [0, 0.1) is 13.8 Å². The zero-order chi connectivity index (χ0) is 14.9. The van der Waals surface area contributed by atoms with Gasteiger partial charge in [-0.1, -0.05) is 15.9 Å². The number of amides is 1. The van der Waals surface area contributed by atoms with E-state index in [0.29, 0.717) is 12.2 Å². The fourth-order valence-electron chi connectivity index (χ4n) is 2.20. The van der Waals surface area contributed by atoms with E-state index in [1.807, 2.05) is 19.9 Å². The molecule has 1 saturated heterocycles. The largest absolute Gasteiger partial charge is 0.479 e. The van der Waals surface area contributed by atoms with Gasteiger partial charge in [0.2, 0.25) is 0 Å². The third-order valence-corrected chi connectivity index (χ3v) is 4.39. The molecule has 1 fully saturated rings. The highest BCUT2D eigenvalue weighted by atomic mass is 79.9. The van der Waals surface area contributed by atoms with Gasteiger partial charge in [0.05, 0.1) is 6.61 Å². The van der Waals surface area contributed by atoms with E-state index in [0.717, 1.165) is 15.6 Å². The lowest BCUT2D eigenvalue weighted by Gasteiger charge is -2.24. The van der Waals surface area contributed by atoms with E-state index in [9.17, 15) is 14.7 Å². The number of carboxylic acid groups (broad SMARTS) is 1. The SMILES string of the molecule is Cc1cc(C(=O)NC2(C(=O)O)CCOC2)c(C)cc1Br. The van der Waals surface area contributed by atoms with Crippen LogP contribution in [0.5, 0.6) is 0 Å². The third kappa shape index (κ3) is 2.71. The Labute approximate surface area is 125 Å². The predicted octanol–water partition coefficient (Wildman–Crippen LogP) is 2.04. The maximum atomic E-state index is 12.3. The zero-order valence-corrected chi connectivity index (χ0v) is 12.9.